The van der Waals surface area contributed by atoms with Gasteiger partial charge in [-0.25, -0.2) is 0 Å². The normalized spacial score (nSPS) is 1.33. The van der Waals surface area contributed by atoms with E-state index in [-0.39, 0.29) is 99.5 Å². The van der Waals surface area contributed by atoms with Crippen molar-refractivity contribution in [3.05, 3.63) is 13.8 Å². The SMILES string of the molecule is O.[CH2-]C.[CH2-]C.[I-].[I-].[Mg+2].[Mg+2]. The van der Waals surface area contributed by atoms with Gasteiger partial charge in [-0.2, -0.15) is 13.8 Å². The number of rotatable bonds is 0. The molecule has 0 rings (SSSR count). The van der Waals surface area contributed by atoms with Crippen LogP contribution in [0.5, 0.6) is 0 Å². The van der Waals surface area contributed by atoms with E-state index < -0.39 is 0 Å². The van der Waals surface area contributed by atoms with Gasteiger partial charge in [-0.15, -0.1) is 0 Å². The monoisotopic (exact) mass is 378 g/mol. The molecule has 0 aliphatic heterocycles. The summed E-state index contributed by atoms with van der Waals surface area (Å²) in [7, 11) is 0. The summed E-state index contributed by atoms with van der Waals surface area (Å²) >= 11 is 0. The maximum absolute atomic E-state index is 3.25. The molecule has 52 valence electrons. The van der Waals surface area contributed by atoms with Gasteiger partial charge in [-0.1, -0.05) is 0 Å². The third-order valence-electron chi connectivity index (χ3n) is 0. The molecule has 0 aliphatic carbocycles. The molecule has 0 aromatic carbocycles. The second kappa shape index (κ2) is 124. The minimum atomic E-state index is 0. The molecular weight excluding hydrogens is 366 g/mol. The molecule has 0 saturated carbocycles. The molecule has 2 N–H and O–H groups in total. The van der Waals surface area contributed by atoms with Crippen LogP contribution in [-0.2, 0) is 0 Å². The van der Waals surface area contributed by atoms with E-state index in [9.17, 15) is 0 Å². The molecule has 0 amide bonds. The van der Waals surface area contributed by atoms with Crippen molar-refractivity contribution in [1.82, 2.24) is 0 Å². The standard InChI is InChI=1S/2C2H5.2HI.2Mg.H2O/c2*1-2;;;;;/h2*1H2,2H3;2*1H;;;1H2/q2*-1;;;2*+2;/p-2. The molecule has 0 unspecified atom stereocenters. The zero-order valence-corrected chi connectivity index (χ0v) is 13.2. The Bertz CT molecular complexity index is 16.5. The van der Waals surface area contributed by atoms with Crippen LogP contribution in [0.3, 0.4) is 0 Å². The smallest absolute Gasteiger partial charge is 1.00 e. The van der Waals surface area contributed by atoms with Crippen molar-refractivity contribution in [1.29, 1.82) is 0 Å². The van der Waals surface area contributed by atoms with Crippen LogP contribution in [0.1, 0.15) is 13.8 Å². The van der Waals surface area contributed by atoms with Crippen LogP contribution in [0.15, 0.2) is 0 Å². The maximum atomic E-state index is 3.25. The molecule has 0 aromatic rings. The second-order valence-corrected chi connectivity index (χ2v) is 0. The summed E-state index contributed by atoms with van der Waals surface area (Å²) in [5.41, 5.74) is 0. The van der Waals surface area contributed by atoms with Crippen LogP contribution in [0.4, 0.5) is 0 Å². The number of hydrogen-bond donors (Lipinski definition) is 0. The molecule has 0 fully saturated rings. The van der Waals surface area contributed by atoms with Gasteiger partial charge in [-0.3, -0.25) is 0 Å². The Morgan fingerprint density at radius 1 is 0.667 bits per heavy atom. The molecule has 5 heteroatoms. The summed E-state index contributed by atoms with van der Waals surface area (Å²) in [4.78, 5) is 0. The minimum Gasteiger partial charge on any atom is -1.00 e. The largest absolute Gasteiger partial charge is 2.00 e. The third kappa shape index (κ3) is 101. The van der Waals surface area contributed by atoms with E-state index in [1.165, 1.54) is 0 Å². The fourth-order valence-electron chi connectivity index (χ4n) is 0. The van der Waals surface area contributed by atoms with Gasteiger partial charge >= 0.3 is 46.1 Å². The third-order valence-corrected chi connectivity index (χ3v) is 0. The molecule has 0 saturated heterocycles. The first-order valence-corrected chi connectivity index (χ1v) is 1.41. The molecule has 9 heavy (non-hydrogen) atoms. The Morgan fingerprint density at radius 3 is 0.667 bits per heavy atom. The zero-order valence-electron chi connectivity index (χ0n) is 6.08. The average Bonchev–Trinajstić information content (AvgIpc) is 1.50. The summed E-state index contributed by atoms with van der Waals surface area (Å²) in [6, 6.07) is 0. The predicted octanol–water partition coefficient (Wildman–Crippen LogP) is -5.90. The fourth-order valence-corrected chi connectivity index (χ4v) is 0. The van der Waals surface area contributed by atoms with Crippen LogP contribution < -0.4 is 48.0 Å². The van der Waals surface area contributed by atoms with Gasteiger partial charge in [0.05, 0.1) is 0 Å². The molecule has 0 bridgehead atoms. The van der Waals surface area contributed by atoms with E-state index in [1.54, 1.807) is 13.8 Å². The van der Waals surface area contributed by atoms with Crippen LogP contribution >= 0.6 is 0 Å². The van der Waals surface area contributed by atoms with Crippen molar-refractivity contribution < 1.29 is 53.4 Å². The summed E-state index contributed by atoms with van der Waals surface area (Å²) in [5.74, 6) is 0. The van der Waals surface area contributed by atoms with Gasteiger partial charge < -0.3 is 67.3 Å². The summed E-state index contributed by atoms with van der Waals surface area (Å²) in [5, 5.41) is 0. The van der Waals surface area contributed by atoms with Gasteiger partial charge in [0.1, 0.15) is 0 Å². The van der Waals surface area contributed by atoms with Crippen molar-refractivity contribution in [2.45, 2.75) is 13.8 Å². The number of hydrogen-bond acceptors (Lipinski definition) is 0. The first kappa shape index (κ1) is 58.5. The van der Waals surface area contributed by atoms with E-state index in [1.807, 2.05) is 0 Å². The van der Waals surface area contributed by atoms with Crippen LogP contribution in [-0.4, -0.2) is 51.6 Å². The molecular formula is C4H12I2Mg2O. The first-order valence-electron chi connectivity index (χ1n) is 1.41. The first-order chi connectivity index (χ1) is 2.00. The van der Waals surface area contributed by atoms with Gasteiger partial charge in [-0.05, 0) is 0 Å². The van der Waals surface area contributed by atoms with Gasteiger partial charge in [0.15, 0.2) is 0 Å². The van der Waals surface area contributed by atoms with E-state index >= 15 is 0 Å². The number of halogens is 2. The van der Waals surface area contributed by atoms with Gasteiger partial charge in [0.2, 0.25) is 0 Å². The molecule has 0 radical (unpaired) electrons. The van der Waals surface area contributed by atoms with Gasteiger partial charge in [0, 0.05) is 0 Å². The topological polar surface area (TPSA) is 31.5 Å². The molecule has 0 aliphatic rings. The molecule has 0 spiro atoms. The Hall–Kier alpha value is 2.95. The average molecular weight is 379 g/mol. The van der Waals surface area contributed by atoms with E-state index in [0.717, 1.165) is 0 Å². The Morgan fingerprint density at radius 2 is 0.667 bits per heavy atom. The van der Waals surface area contributed by atoms with E-state index in [0.29, 0.717) is 0 Å². The molecule has 0 heterocycles. The van der Waals surface area contributed by atoms with Crippen molar-refractivity contribution in [2.24, 2.45) is 0 Å². The second-order valence-electron chi connectivity index (χ2n) is 0. The summed E-state index contributed by atoms with van der Waals surface area (Å²) in [6.45, 7) is 10.0. The maximum Gasteiger partial charge on any atom is 2.00 e. The molecule has 1 nitrogen and oxygen atoms in total. The minimum absolute atomic E-state index is 0. The molecule has 0 aromatic heterocycles. The van der Waals surface area contributed by atoms with Crippen molar-refractivity contribution in [3.63, 3.8) is 0 Å². The van der Waals surface area contributed by atoms with Gasteiger partial charge in [0.25, 0.3) is 0 Å². The van der Waals surface area contributed by atoms with Crippen LogP contribution in [0.2, 0.25) is 0 Å². The Balaban J connectivity index is -0.00000000114. The van der Waals surface area contributed by atoms with E-state index in [4.69, 9.17) is 0 Å². The van der Waals surface area contributed by atoms with E-state index in [2.05, 4.69) is 13.8 Å². The van der Waals surface area contributed by atoms with Crippen molar-refractivity contribution in [3.8, 4) is 0 Å². The fraction of sp³-hybridized carbons (Fsp3) is 0.500. The Kier molecular flexibility index (Phi) is 808. The van der Waals surface area contributed by atoms with Crippen molar-refractivity contribution >= 4 is 46.1 Å². The van der Waals surface area contributed by atoms with Crippen LogP contribution in [0, 0.1) is 13.8 Å². The summed E-state index contributed by atoms with van der Waals surface area (Å²) in [6.07, 6.45) is 0. The quantitative estimate of drug-likeness (QED) is 0.229. The Labute approximate surface area is 125 Å². The van der Waals surface area contributed by atoms with Crippen LogP contribution in [0.25, 0.3) is 0 Å². The summed E-state index contributed by atoms with van der Waals surface area (Å²) < 4.78 is 0. The molecule has 0 atom stereocenters. The van der Waals surface area contributed by atoms with Crippen molar-refractivity contribution in [2.75, 3.05) is 0 Å². The zero-order chi connectivity index (χ0) is 4.00. The predicted molar refractivity (Wildman–Crippen MR) is 37.2 cm³/mol.